The predicted molar refractivity (Wildman–Crippen MR) is 109 cm³/mol. The maximum Gasteiger partial charge on any atom is 0.162 e. The Labute approximate surface area is 164 Å². The summed E-state index contributed by atoms with van der Waals surface area (Å²) in [5.74, 6) is 1.27. The highest BCUT2D eigenvalue weighted by Gasteiger charge is 2.07. The summed E-state index contributed by atoms with van der Waals surface area (Å²) in [5.41, 5.74) is 3.28. The normalized spacial score (nSPS) is 10.9. The van der Waals surface area contributed by atoms with Crippen LogP contribution in [0, 0.1) is 11.3 Å². The largest absolute Gasteiger partial charge is 0.493 e. The van der Waals surface area contributed by atoms with E-state index in [1.165, 1.54) is 0 Å². The van der Waals surface area contributed by atoms with Gasteiger partial charge in [0.05, 0.1) is 18.8 Å². The lowest BCUT2D eigenvalue weighted by atomic mass is 10.0. The summed E-state index contributed by atoms with van der Waals surface area (Å²) in [7, 11) is 1.61. The average molecular weight is 376 g/mol. The van der Waals surface area contributed by atoms with E-state index in [0.717, 1.165) is 16.7 Å². The van der Waals surface area contributed by atoms with E-state index in [0.29, 0.717) is 28.7 Å². The van der Waals surface area contributed by atoms with Crippen molar-refractivity contribution in [2.24, 2.45) is 0 Å². The Bertz CT molecular complexity index is 974. The summed E-state index contributed by atoms with van der Waals surface area (Å²) >= 11 is 5.93. The molecule has 0 unspecified atom stereocenters. The van der Waals surface area contributed by atoms with Crippen molar-refractivity contribution in [3.63, 3.8) is 0 Å². The van der Waals surface area contributed by atoms with Crippen LogP contribution in [0.4, 0.5) is 0 Å². The van der Waals surface area contributed by atoms with Crippen LogP contribution in [0.5, 0.6) is 11.5 Å². The minimum absolute atomic E-state index is 0.437. The molecule has 3 nitrogen and oxygen atoms in total. The third-order valence-electron chi connectivity index (χ3n) is 4.01. The van der Waals surface area contributed by atoms with Crippen molar-refractivity contribution in [1.29, 1.82) is 5.26 Å². The molecule has 0 atom stereocenters. The zero-order chi connectivity index (χ0) is 19.1. The number of nitrogens with zero attached hydrogens (tertiary/aromatic N) is 1. The van der Waals surface area contributed by atoms with Gasteiger partial charge in [0.15, 0.2) is 11.5 Å². The number of methoxy groups -OCH3 is 1. The molecule has 134 valence electrons. The number of nitriles is 1. The van der Waals surface area contributed by atoms with Gasteiger partial charge in [-0.15, -0.1) is 0 Å². The van der Waals surface area contributed by atoms with Gasteiger partial charge in [0.25, 0.3) is 0 Å². The molecule has 0 amide bonds. The topological polar surface area (TPSA) is 42.2 Å². The summed E-state index contributed by atoms with van der Waals surface area (Å²) in [4.78, 5) is 0. The van der Waals surface area contributed by atoms with Gasteiger partial charge in [-0.25, -0.2) is 0 Å². The third kappa shape index (κ3) is 4.91. The molecule has 0 N–H and O–H groups in total. The standard InChI is InChI=1S/C23H18ClNO2/c1-26-22-12-7-18(13-20(15-25)19-8-10-21(24)11-9-19)14-23(22)27-16-17-5-3-2-4-6-17/h2-14H,16H2,1H3/b20-13+. The Balaban J connectivity index is 1.87. The lowest BCUT2D eigenvalue weighted by Gasteiger charge is -2.12. The number of benzene rings is 3. The van der Waals surface area contributed by atoms with Crippen LogP contribution in [0.15, 0.2) is 72.8 Å². The minimum Gasteiger partial charge on any atom is -0.493 e. The van der Waals surface area contributed by atoms with Gasteiger partial charge in [-0.05, 0) is 47.0 Å². The second-order valence-electron chi connectivity index (χ2n) is 5.86. The predicted octanol–water partition coefficient (Wildman–Crippen LogP) is 5.99. The smallest absolute Gasteiger partial charge is 0.162 e. The highest BCUT2D eigenvalue weighted by atomic mass is 35.5. The second-order valence-corrected chi connectivity index (χ2v) is 6.30. The molecule has 3 aromatic rings. The fraction of sp³-hybridized carbons (Fsp3) is 0.0870. The van der Waals surface area contributed by atoms with Gasteiger partial charge >= 0.3 is 0 Å². The first-order valence-corrected chi connectivity index (χ1v) is 8.80. The van der Waals surface area contributed by atoms with Crippen LogP contribution in [-0.4, -0.2) is 7.11 Å². The van der Waals surface area contributed by atoms with E-state index >= 15 is 0 Å². The van der Waals surface area contributed by atoms with Gasteiger partial charge in [0.2, 0.25) is 0 Å². The third-order valence-corrected chi connectivity index (χ3v) is 4.26. The van der Waals surface area contributed by atoms with Crippen LogP contribution in [0.25, 0.3) is 11.6 Å². The van der Waals surface area contributed by atoms with E-state index in [1.54, 1.807) is 19.2 Å². The number of halogens is 1. The lowest BCUT2D eigenvalue weighted by Crippen LogP contribution is -1.98. The molecular weight excluding hydrogens is 358 g/mol. The molecule has 0 spiro atoms. The molecular formula is C23H18ClNO2. The molecule has 3 rings (SSSR count). The van der Waals surface area contributed by atoms with E-state index in [4.69, 9.17) is 21.1 Å². The summed E-state index contributed by atoms with van der Waals surface area (Å²) in [5, 5.41) is 10.2. The van der Waals surface area contributed by atoms with E-state index < -0.39 is 0 Å². The quantitative estimate of drug-likeness (QED) is 0.392. The highest BCUT2D eigenvalue weighted by Crippen LogP contribution is 2.30. The van der Waals surface area contributed by atoms with Crippen molar-refractivity contribution in [3.8, 4) is 17.6 Å². The Morgan fingerprint density at radius 3 is 2.41 bits per heavy atom. The Morgan fingerprint density at radius 1 is 1.00 bits per heavy atom. The maximum atomic E-state index is 9.52. The molecule has 0 radical (unpaired) electrons. The van der Waals surface area contributed by atoms with Crippen LogP contribution in [0.1, 0.15) is 16.7 Å². The van der Waals surface area contributed by atoms with E-state index in [9.17, 15) is 5.26 Å². The zero-order valence-corrected chi connectivity index (χ0v) is 15.6. The molecule has 27 heavy (non-hydrogen) atoms. The fourth-order valence-electron chi connectivity index (χ4n) is 2.61. The van der Waals surface area contributed by atoms with E-state index in [2.05, 4.69) is 6.07 Å². The SMILES string of the molecule is COc1ccc(/C=C(\C#N)c2ccc(Cl)cc2)cc1OCc1ccccc1. The number of allylic oxidation sites excluding steroid dienone is 1. The summed E-state index contributed by atoms with van der Waals surface area (Å²) in [6, 6.07) is 24.9. The van der Waals surface area contributed by atoms with Gasteiger partial charge in [0, 0.05) is 5.02 Å². The molecule has 0 saturated heterocycles. The first-order valence-electron chi connectivity index (χ1n) is 8.42. The molecule has 0 aliphatic rings. The second kappa shape index (κ2) is 8.93. The van der Waals surface area contributed by atoms with Crippen LogP contribution in [0.2, 0.25) is 5.02 Å². The van der Waals surface area contributed by atoms with Crippen molar-refractivity contribution in [3.05, 3.63) is 94.5 Å². The fourth-order valence-corrected chi connectivity index (χ4v) is 2.73. The lowest BCUT2D eigenvalue weighted by molar-refractivity contribution is 0.284. The zero-order valence-electron chi connectivity index (χ0n) is 14.9. The van der Waals surface area contributed by atoms with Crippen molar-refractivity contribution >= 4 is 23.3 Å². The molecule has 4 heteroatoms. The van der Waals surface area contributed by atoms with Crippen LogP contribution in [-0.2, 0) is 6.61 Å². The van der Waals surface area contributed by atoms with E-state index in [-0.39, 0.29) is 0 Å². The first kappa shape index (κ1) is 18.6. The number of ether oxygens (including phenoxy) is 2. The average Bonchev–Trinajstić information content (AvgIpc) is 2.72. The van der Waals surface area contributed by atoms with Gasteiger partial charge < -0.3 is 9.47 Å². The molecule has 0 bridgehead atoms. The summed E-state index contributed by atoms with van der Waals surface area (Å²) < 4.78 is 11.3. The summed E-state index contributed by atoms with van der Waals surface area (Å²) in [6.45, 7) is 0.437. The van der Waals surface area contributed by atoms with Crippen LogP contribution >= 0.6 is 11.6 Å². The number of hydrogen-bond acceptors (Lipinski definition) is 3. The van der Waals surface area contributed by atoms with Crippen molar-refractivity contribution in [2.45, 2.75) is 6.61 Å². The Morgan fingerprint density at radius 2 is 1.74 bits per heavy atom. The van der Waals surface area contributed by atoms with E-state index in [1.807, 2.05) is 66.7 Å². The summed E-state index contributed by atoms with van der Waals surface area (Å²) in [6.07, 6.45) is 1.82. The first-order chi connectivity index (χ1) is 13.2. The number of rotatable bonds is 6. The van der Waals surface area contributed by atoms with Crippen molar-refractivity contribution in [2.75, 3.05) is 7.11 Å². The monoisotopic (exact) mass is 375 g/mol. The van der Waals surface area contributed by atoms with Crippen molar-refractivity contribution in [1.82, 2.24) is 0 Å². The molecule has 0 fully saturated rings. The van der Waals surface area contributed by atoms with Crippen molar-refractivity contribution < 1.29 is 9.47 Å². The van der Waals surface area contributed by atoms with Crippen LogP contribution in [0.3, 0.4) is 0 Å². The Hall–Kier alpha value is -3.22. The van der Waals surface area contributed by atoms with Gasteiger partial charge in [0.1, 0.15) is 6.61 Å². The van der Waals surface area contributed by atoms with Gasteiger partial charge in [-0.3, -0.25) is 0 Å². The molecule has 0 saturated carbocycles. The number of hydrogen-bond donors (Lipinski definition) is 0. The molecule has 0 aromatic heterocycles. The highest BCUT2D eigenvalue weighted by molar-refractivity contribution is 6.30. The minimum atomic E-state index is 0.437. The molecule has 0 heterocycles. The van der Waals surface area contributed by atoms with Crippen LogP contribution < -0.4 is 9.47 Å². The van der Waals surface area contributed by atoms with Gasteiger partial charge in [-0.2, -0.15) is 5.26 Å². The molecule has 0 aliphatic carbocycles. The Kier molecular flexibility index (Phi) is 6.14. The molecule has 3 aromatic carbocycles. The maximum absolute atomic E-state index is 9.52. The van der Waals surface area contributed by atoms with Gasteiger partial charge in [-0.1, -0.05) is 60.1 Å². The molecule has 0 aliphatic heterocycles.